The van der Waals surface area contributed by atoms with Gasteiger partial charge in [-0.3, -0.25) is 9.59 Å². The van der Waals surface area contributed by atoms with Crippen LogP contribution in [0.5, 0.6) is 0 Å². The smallest absolute Gasteiger partial charge is 0.333 e. The second kappa shape index (κ2) is 9.02. The van der Waals surface area contributed by atoms with E-state index in [1.807, 2.05) is 0 Å². The molecular weight excluding hydrogens is 451 g/mol. The minimum atomic E-state index is -1.19. The first-order chi connectivity index (χ1) is 15.4. The molecule has 1 N–H and O–H groups in total. The summed E-state index contributed by atoms with van der Waals surface area (Å²) in [7, 11) is 1.23. The summed E-state index contributed by atoms with van der Waals surface area (Å²) in [4.78, 5) is 41.5. The van der Waals surface area contributed by atoms with Gasteiger partial charge in [-0.2, -0.15) is 0 Å². The standard InChI is InChI=1S/C24H18Cl2N2O4/c1-32-24(31)21(15-8-12-17(26)13-9-15)28-20(14-6-10-16(25)11-7-14)22(29)27-19-5-3-2-4-18(19)23(28)30/h2-13,20-21H,1H3,(H,27,29). The molecule has 1 aliphatic rings. The lowest BCUT2D eigenvalue weighted by molar-refractivity contribution is -0.147. The fraction of sp³-hybridized carbons (Fsp3) is 0.125. The van der Waals surface area contributed by atoms with Gasteiger partial charge in [-0.25, -0.2) is 4.79 Å². The molecule has 2 unspecified atom stereocenters. The first-order valence-corrected chi connectivity index (χ1v) is 10.5. The molecule has 0 aromatic heterocycles. The number of hydrogen-bond donors (Lipinski definition) is 1. The van der Waals surface area contributed by atoms with Crippen LogP contribution in [0.3, 0.4) is 0 Å². The molecule has 1 heterocycles. The van der Waals surface area contributed by atoms with Crippen molar-refractivity contribution in [3.05, 3.63) is 99.5 Å². The quantitative estimate of drug-likeness (QED) is 0.543. The predicted octanol–water partition coefficient (Wildman–Crippen LogP) is 5.04. The number of carbonyl (C=O) groups is 3. The molecule has 4 rings (SSSR count). The van der Waals surface area contributed by atoms with Gasteiger partial charge in [0.1, 0.15) is 6.04 Å². The van der Waals surface area contributed by atoms with Gasteiger partial charge in [0.2, 0.25) is 0 Å². The third kappa shape index (κ3) is 4.07. The Morgan fingerprint density at radius 1 is 0.938 bits per heavy atom. The van der Waals surface area contributed by atoms with Crippen LogP contribution in [0.4, 0.5) is 5.69 Å². The number of hydrogen-bond acceptors (Lipinski definition) is 4. The number of ether oxygens (including phenoxy) is 1. The number of nitrogens with one attached hydrogen (secondary N) is 1. The maximum atomic E-state index is 13.8. The summed E-state index contributed by atoms with van der Waals surface area (Å²) in [6.07, 6.45) is 0. The number of anilines is 1. The Labute approximate surface area is 194 Å². The zero-order valence-electron chi connectivity index (χ0n) is 16.9. The summed E-state index contributed by atoms with van der Waals surface area (Å²) >= 11 is 12.1. The molecule has 162 valence electrons. The fourth-order valence-corrected chi connectivity index (χ4v) is 4.00. The van der Waals surface area contributed by atoms with Gasteiger partial charge >= 0.3 is 5.97 Å². The average Bonchev–Trinajstić information content (AvgIpc) is 2.90. The lowest BCUT2D eigenvalue weighted by Crippen LogP contribution is -2.44. The van der Waals surface area contributed by atoms with Crippen molar-refractivity contribution in [1.29, 1.82) is 0 Å². The number of para-hydroxylation sites is 1. The van der Waals surface area contributed by atoms with Gasteiger partial charge in [0.15, 0.2) is 6.04 Å². The molecule has 8 heteroatoms. The topological polar surface area (TPSA) is 75.7 Å². The van der Waals surface area contributed by atoms with E-state index in [0.29, 0.717) is 26.9 Å². The Hall–Kier alpha value is -3.35. The lowest BCUT2D eigenvalue weighted by atomic mass is 9.97. The van der Waals surface area contributed by atoms with E-state index in [1.165, 1.54) is 12.0 Å². The van der Waals surface area contributed by atoms with E-state index in [4.69, 9.17) is 27.9 Å². The molecule has 2 atom stereocenters. The number of esters is 1. The largest absolute Gasteiger partial charge is 0.467 e. The minimum Gasteiger partial charge on any atom is -0.467 e. The highest BCUT2D eigenvalue weighted by Crippen LogP contribution is 2.38. The fourth-order valence-electron chi connectivity index (χ4n) is 3.75. The van der Waals surface area contributed by atoms with Crippen LogP contribution in [0.1, 0.15) is 33.6 Å². The summed E-state index contributed by atoms with van der Waals surface area (Å²) in [5, 5.41) is 3.76. The third-order valence-electron chi connectivity index (χ3n) is 5.25. The van der Waals surface area contributed by atoms with Crippen molar-refractivity contribution in [1.82, 2.24) is 4.90 Å². The van der Waals surface area contributed by atoms with Crippen molar-refractivity contribution in [2.75, 3.05) is 12.4 Å². The summed E-state index contributed by atoms with van der Waals surface area (Å²) in [6.45, 7) is 0. The summed E-state index contributed by atoms with van der Waals surface area (Å²) < 4.78 is 5.05. The zero-order valence-corrected chi connectivity index (χ0v) is 18.4. The van der Waals surface area contributed by atoms with Crippen LogP contribution in [0, 0.1) is 0 Å². The van der Waals surface area contributed by atoms with Gasteiger partial charge in [-0.15, -0.1) is 0 Å². The Morgan fingerprint density at radius 2 is 1.53 bits per heavy atom. The van der Waals surface area contributed by atoms with Crippen LogP contribution >= 0.6 is 23.2 Å². The Morgan fingerprint density at radius 3 is 2.16 bits per heavy atom. The molecule has 2 amide bonds. The molecule has 1 aliphatic heterocycles. The summed E-state index contributed by atoms with van der Waals surface area (Å²) in [5.74, 6) is -1.65. The molecule has 0 spiro atoms. The molecule has 0 saturated heterocycles. The van der Waals surface area contributed by atoms with Crippen LogP contribution in [0.2, 0.25) is 10.0 Å². The molecule has 6 nitrogen and oxygen atoms in total. The van der Waals surface area contributed by atoms with Crippen molar-refractivity contribution in [2.45, 2.75) is 12.1 Å². The maximum absolute atomic E-state index is 13.8. The number of amides is 2. The Kier molecular flexibility index (Phi) is 6.17. The molecule has 32 heavy (non-hydrogen) atoms. The monoisotopic (exact) mass is 468 g/mol. The number of fused-ring (bicyclic) bond motifs is 1. The number of halogens is 2. The third-order valence-corrected chi connectivity index (χ3v) is 5.75. The highest BCUT2D eigenvalue weighted by atomic mass is 35.5. The van der Waals surface area contributed by atoms with Gasteiger partial charge in [-0.05, 0) is 47.5 Å². The Balaban J connectivity index is 1.95. The highest BCUT2D eigenvalue weighted by molar-refractivity contribution is 6.30. The van der Waals surface area contributed by atoms with E-state index >= 15 is 0 Å². The zero-order chi connectivity index (χ0) is 22.8. The van der Waals surface area contributed by atoms with Gasteiger partial charge < -0.3 is 15.0 Å². The predicted molar refractivity (Wildman–Crippen MR) is 122 cm³/mol. The number of rotatable bonds is 4. The van der Waals surface area contributed by atoms with E-state index in [1.54, 1.807) is 72.8 Å². The van der Waals surface area contributed by atoms with Crippen molar-refractivity contribution < 1.29 is 19.1 Å². The van der Waals surface area contributed by atoms with E-state index in [-0.39, 0.29) is 5.56 Å². The second-order valence-corrected chi connectivity index (χ2v) is 8.05. The van der Waals surface area contributed by atoms with Gasteiger partial charge in [0, 0.05) is 10.0 Å². The second-order valence-electron chi connectivity index (χ2n) is 7.18. The highest BCUT2D eigenvalue weighted by Gasteiger charge is 2.44. The average molecular weight is 469 g/mol. The first-order valence-electron chi connectivity index (χ1n) is 9.72. The maximum Gasteiger partial charge on any atom is 0.333 e. The molecule has 0 radical (unpaired) electrons. The van der Waals surface area contributed by atoms with E-state index < -0.39 is 29.9 Å². The molecule has 0 saturated carbocycles. The minimum absolute atomic E-state index is 0.264. The summed E-state index contributed by atoms with van der Waals surface area (Å²) in [6, 6.07) is 17.4. The Bertz CT molecular complexity index is 1130. The van der Waals surface area contributed by atoms with Crippen LogP contribution in [0.25, 0.3) is 0 Å². The molecule has 0 aliphatic carbocycles. The number of benzene rings is 3. The molecular formula is C24H18Cl2N2O4. The molecule has 3 aromatic carbocycles. The van der Waals surface area contributed by atoms with Crippen LogP contribution in [0.15, 0.2) is 72.8 Å². The molecule has 3 aromatic rings. The van der Waals surface area contributed by atoms with E-state index in [2.05, 4.69) is 5.32 Å². The van der Waals surface area contributed by atoms with Crippen molar-refractivity contribution in [2.24, 2.45) is 0 Å². The number of methoxy groups -OCH3 is 1. The van der Waals surface area contributed by atoms with Crippen molar-refractivity contribution >= 4 is 46.7 Å². The molecule has 0 fully saturated rings. The molecule has 0 bridgehead atoms. The number of carbonyl (C=O) groups excluding carboxylic acids is 3. The van der Waals surface area contributed by atoms with E-state index in [0.717, 1.165) is 0 Å². The lowest BCUT2D eigenvalue weighted by Gasteiger charge is -2.35. The van der Waals surface area contributed by atoms with Crippen LogP contribution in [-0.4, -0.2) is 29.8 Å². The van der Waals surface area contributed by atoms with Crippen molar-refractivity contribution in [3.63, 3.8) is 0 Å². The number of nitrogens with zero attached hydrogens (tertiary/aromatic N) is 1. The van der Waals surface area contributed by atoms with Crippen LogP contribution < -0.4 is 5.32 Å². The van der Waals surface area contributed by atoms with Gasteiger partial charge in [0.25, 0.3) is 11.8 Å². The van der Waals surface area contributed by atoms with Crippen molar-refractivity contribution in [3.8, 4) is 0 Å². The van der Waals surface area contributed by atoms with Gasteiger partial charge in [0.05, 0.1) is 18.4 Å². The van der Waals surface area contributed by atoms with Crippen LogP contribution in [-0.2, 0) is 14.3 Å². The normalized spacial score (nSPS) is 16.6. The first kappa shape index (κ1) is 21.9. The SMILES string of the molecule is COC(=O)C(c1ccc(Cl)cc1)N1C(=O)c2ccccc2NC(=O)C1c1ccc(Cl)cc1. The van der Waals surface area contributed by atoms with E-state index in [9.17, 15) is 14.4 Å². The van der Waals surface area contributed by atoms with Gasteiger partial charge in [-0.1, -0.05) is 59.6 Å². The summed E-state index contributed by atoms with van der Waals surface area (Å²) in [5.41, 5.74) is 1.58.